The van der Waals surface area contributed by atoms with Crippen molar-refractivity contribution in [3.8, 4) is 11.5 Å². The van der Waals surface area contributed by atoms with Crippen LogP contribution >= 0.6 is 0 Å². The molecule has 6 heteroatoms. The lowest BCUT2D eigenvalue weighted by Crippen LogP contribution is -2.35. The third-order valence-electron chi connectivity index (χ3n) is 7.16. The molecule has 0 saturated carbocycles. The van der Waals surface area contributed by atoms with Crippen molar-refractivity contribution in [1.29, 1.82) is 0 Å². The summed E-state index contributed by atoms with van der Waals surface area (Å²) in [6.45, 7) is 2.41. The van der Waals surface area contributed by atoms with Crippen LogP contribution in [0.15, 0.2) is 85.2 Å². The summed E-state index contributed by atoms with van der Waals surface area (Å²) >= 11 is 0. The van der Waals surface area contributed by atoms with E-state index in [2.05, 4.69) is 58.4 Å². The molecule has 1 atom stereocenters. The fourth-order valence-electron chi connectivity index (χ4n) is 5.25. The summed E-state index contributed by atoms with van der Waals surface area (Å²) in [6.07, 6.45) is 4.67. The predicted molar refractivity (Wildman–Crippen MR) is 148 cm³/mol. The molecule has 186 valence electrons. The van der Waals surface area contributed by atoms with Crippen LogP contribution in [0.4, 0.5) is 5.82 Å². The Kier molecular flexibility index (Phi) is 6.55. The SMILES string of the molecule is COc1cc2ncnc(N3CCC[C@@H](c4ccccc4)C3)c2cc1OCCc1ccc2ccccc2n1. The van der Waals surface area contributed by atoms with Crippen molar-refractivity contribution in [3.63, 3.8) is 0 Å². The largest absolute Gasteiger partial charge is 0.493 e. The summed E-state index contributed by atoms with van der Waals surface area (Å²) in [4.78, 5) is 16.4. The minimum Gasteiger partial charge on any atom is -0.493 e. The first kappa shape index (κ1) is 23.2. The van der Waals surface area contributed by atoms with E-state index >= 15 is 0 Å². The number of hydrogen-bond acceptors (Lipinski definition) is 6. The van der Waals surface area contributed by atoms with Gasteiger partial charge in [0.05, 0.1) is 24.8 Å². The first-order valence-corrected chi connectivity index (χ1v) is 12.9. The van der Waals surface area contributed by atoms with Crippen LogP contribution in [0.1, 0.15) is 30.0 Å². The molecule has 1 aliphatic heterocycles. The molecule has 0 aliphatic carbocycles. The van der Waals surface area contributed by atoms with Gasteiger partial charge in [0, 0.05) is 48.0 Å². The number of anilines is 1. The van der Waals surface area contributed by atoms with Gasteiger partial charge in [0.2, 0.25) is 0 Å². The zero-order valence-corrected chi connectivity index (χ0v) is 21.0. The Morgan fingerprint density at radius 2 is 1.76 bits per heavy atom. The monoisotopic (exact) mass is 490 g/mol. The molecule has 2 aromatic heterocycles. The molecule has 6 rings (SSSR count). The smallest absolute Gasteiger partial charge is 0.162 e. The van der Waals surface area contributed by atoms with Gasteiger partial charge in [-0.15, -0.1) is 0 Å². The topological polar surface area (TPSA) is 60.4 Å². The molecule has 1 saturated heterocycles. The van der Waals surface area contributed by atoms with Crippen molar-refractivity contribution in [2.75, 3.05) is 31.7 Å². The minimum atomic E-state index is 0.489. The molecule has 0 spiro atoms. The van der Waals surface area contributed by atoms with Crippen LogP contribution in [0, 0.1) is 0 Å². The van der Waals surface area contributed by atoms with Crippen LogP contribution in [-0.4, -0.2) is 41.8 Å². The number of nitrogens with zero attached hydrogens (tertiary/aromatic N) is 4. The molecule has 0 unspecified atom stereocenters. The van der Waals surface area contributed by atoms with Gasteiger partial charge in [0.1, 0.15) is 12.1 Å². The summed E-state index contributed by atoms with van der Waals surface area (Å²) in [7, 11) is 1.66. The highest BCUT2D eigenvalue weighted by atomic mass is 16.5. The number of aromatic nitrogens is 3. The summed E-state index contributed by atoms with van der Waals surface area (Å²) in [5, 5.41) is 2.12. The Morgan fingerprint density at radius 3 is 2.65 bits per heavy atom. The lowest BCUT2D eigenvalue weighted by atomic mass is 9.90. The van der Waals surface area contributed by atoms with E-state index in [1.807, 2.05) is 30.3 Å². The van der Waals surface area contributed by atoms with E-state index in [4.69, 9.17) is 19.4 Å². The minimum absolute atomic E-state index is 0.489. The van der Waals surface area contributed by atoms with Crippen LogP contribution in [0.2, 0.25) is 0 Å². The van der Waals surface area contributed by atoms with Crippen molar-refractivity contribution in [2.45, 2.75) is 25.2 Å². The summed E-state index contributed by atoms with van der Waals surface area (Å²) < 4.78 is 11.9. The molecule has 6 nitrogen and oxygen atoms in total. The van der Waals surface area contributed by atoms with Gasteiger partial charge in [-0.2, -0.15) is 0 Å². The number of ether oxygens (including phenoxy) is 2. The second-order valence-electron chi connectivity index (χ2n) is 9.51. The predicted octanol–water partition coefficient (Wildman–Crippen LogP) is 6.19. The quantitative estimate of drug-likeness (QED) is 0.271. The zero-order valence-electron chi connectivity index (χ0n) is 21.0. The van der Waals surface area contributed by atoms with Gasteiger partial charge in [-0.3, -0.25) is 4.98 Å². The average molecular weight is 491 g/mol. The maximum atomic E-state index is 6.25. The van der Waals surface area contributed by atoms with Gasteiger partial charge in [-0.25, -0.2) is 9.97 Å². The summed E-state index contributed by atoms with van der Waals surface area (Å²) in [5.41, 5.74) is 4.24. The number of benzene rings is 3. The third kappa shape index (κ3) is 4.92. The molecule has 3 aromatic carbocycles. The van der Waals surface area contributed by atoms with Gasteiger partial charge in [0.15, 0.2) is 11.5 Å². The highest BCUT2D eigenvalue weighted by Gasteiger charge is 2.24. The van der Waals surface area contributed by atoms with Crippen LogP contribution in [-0.2, 0) is 6.42 Å². The molecule has 0 radical (unpaired) electrons. The van der Waals surface area contributed by atoms with Gasteiger partial charge in [-0.05, 0) is 36.6 Å². The molecule has 1 aliphatic rings. The second kappa shape index (κ2) is 10.4. The van der Waals surface area contributed by atoms with E-state index in [0.29, 0.717) is 30.4 Å². The first-order chi connectivity index (χ1) is 18.3. The molecule has 3 heterocycles. The van der Waals surface area contributed by atoms with Crippen LogP contribution in [0.3, 0.4) is 0 Å². The number of para-hydroxylation sites is 1. The Bertz CT molecular complexity index is 1520. The molecule has 0 bridgehead atoms. The van der Waals surface area contributed by atoms with Gasteiger partial charge >= 0.3 is 0 Å². The number of pyridine rings is 1. The highest BCUT2D eigenvalue weighted by Crippen LogP contribution is 2.37. The summed E-state index contributed by atoms with van der Waals surface area (Å²) in [6, 6.07) is 27.1. The number of piperidine rings is 1. The highest BCUT2D eigenvalue weighted by molar-refractivity contribution is 5.92. The van der Waals surface area contributed by atoms with Crippen molar-refractivity contribution in [3.05, 3.63) is 96.4 Å². The van der Waals surface area contributed by atoms with Crippen LogP contribution in [0.25, 0.3) is 21.8 Å². The van der Waals surface area contributed by atoms with E-state index in [-0.39, 0.29) is 0 Å². The van der Waals surface area contributed by atoms with Crippen molar-refractivity contribution >= 4 is 27.6 Å². The lowest BCUT2D eigenvalue weighted by Gasteiger charge is -2.34. The molecule has 37 heavy (non-hydrogen) atoms. The van der Waals surface area contributed by atoms with Crippen molar-refractivity contribution < 1.29 is 9.47 Å². The molecule has 1 fully saturated rings. The van der Waals surface area contributed by atoms with Gasteiger partial charge in [-0.1, -0.05) is 54.6 Å². The Hall–Kier alpha value is -4.19. The Labute approximate surface area is 216 Å². The first-order valence-electron chi connectivity index (χ1n) is 12.9. The third-order valence-corrected chi connectivity index (χ3v) is 7.16. The fraction of sp³-hybridized carbons (Fsp3) is 0.258. The van der Waals surface area contributed by atoms with Gasteiger partial charge in [0.25, 0.3) is 0 Å². The van der Waals surface area contributed by atoms with E-state index in [1.54, 1.807) is 13.4 Å². The van der Waals surface area contributed by atoms with E-state index in [0.717, 1.165) is 52.8 Å². The Morgan fingerprint density at radius 1 is 0.892 bits per heavy atom. The van der Waals surface area contributed by atoms with Crippen LogP contribution < -0.4 is 14.4 Å². The van der Waals surface area contributed by atoms with Crippen molar-refractivity contribution in [2.24, 2.45) is 0 Å². The zero-order chi connectivity index (χ0) is 25.0. The molecule has 0 amide bonds. The maximum Gasteiger partial charge on any atom is 0.162 e. The number of hydrogen-bond donors (Lipinski definition) is 0. The maximum absolute atomic E-state index is 6.25. The second-order valence-corrected chi connectivity index (χ2v) is 9.51. The van der Waals surface area contributed by atoms with E-state index in [1.165, 1.54) is 12.0 Å². The molecule has 0 N–H and O–H groups in total. The standard InChI is InChI=1S/C31H30N4O2/c1-36-29-19-28-26(18-30(29)37-17-15-25-14-13-23-10-5-6-12-27(23)34-25)31(33-21-32-28)35-16-7-11-24(20-35)22-8-3-2-4-9-22/h2-6,8-10,12-14,18-19,21,24H,7,11,15-17,20H2,1H3/t24-/m1/s1. The lowest BCUT2D eigenvalue weighted by molar-refractivity contribution is 0.297. The number of rotatable bonds is 7. The summed E-state index contributed by atoms with van der Waals surface area (Å²) in [5.74, 6) is 2.81. The fourth-order valence-corrected chi connectivity index (χ4v) is 5.25. The molecular weight excluding hydrogens is 460 g/mol. The van der Waals surface area contributed by atoms with Gasteiger partial charge < -0.3 is 14.4 Å². The Balaban J connectivity index is 1.24. The number of methoxy groups -OCH3 is 1. The van der Waals surface area contributed by atoms with Crippen LogP contribution in [0.5, 0.6) is 11.5 Å². The molecule has 5 aromatic rings. The number of fused-ring (bicyclic) bond motifs is 2. The molecular formula is C31H30N4O2. The van der Waals surface area contributed by atoms with E-state index < -0.39 is 0 Å². The normalized spacial score (nSPS) is 15.7. The average Bonchev–Trinajstić information content (AvgIpc) is 2.97. The van der Waals surface area contributed by atoms with E-state index in [9.17, 15) is 0 Å². The van der Waals surface area contributed by atoms with Crippen molar-refractivity contribution in [1.82, 2.24) is 15.0 Å².